The van der Waals surface area contributed by atoms with Crippen LogP contribution in [0.3, 0.4) is 0 Å². The first-order valence-electron chi connectivity index (χ1n) is 9.92. The molecule has 1 heterocycles. The molecule has 2 fully saturated rings. The minimum absolute atomic E-state index is 0. The van der Waals surface area contributed by atoms with Crippen molar-refractivity contribution in [1.82, 2.24) is 15.5 Å². The maximum Gasteiger partial charge on any atom is 0.239 e. The maximum atomic E-state index is 14.0. The molecule has 1 amide bonds. The summed E-state index contributed by atoms with van der Waals surface area (Å²) in [7, 11) is 1.73. The summed E-state index contributed by atoms with van der Waals surface area (Å²) in [6.45, 7) is 3.14. The number of piperazine rings is 1. The van der Waals surface area contributed by atoms with Crippen molar-refractivity contribution in [3.05, 3.63) is 30.1 Å². The predicted molar refractivity (Wildman–Crippen MR) is 122 cm³/mol. The molecule has 0 spiro atoms. The highest BCUT2D eigenvalue weighted by atomic mass is 127. The summed E-state index contributed by atoms with van der Waals surface area (Å²) in [5.74, 6) is 0.558. The highest BCUT2D eigenvalue weighted by Gasteiger charge is 2.22. The van der Waals surface area contributed by atoms with Crippen LogP contribution in [0.5, 0.6) is 0 Å². The molecule has 0 unspecified atom stereocenters. The summed E-state index contributed by atoms with van der Waals surface area (Å²) in [6, 6.07) is 7.19. The van der Waals surface area contributed by atoms with E-state index in [4.69, 9.17) is 0 Å². The number of carbonyl (C=O) groups is 1. The first kappa shape index (κ1) is 22.7. The van der Waals surface area contributed by atoms with E-state index in [9.17, 15) is 9.18 Å². The van der Waals surface area contributed by atoms with E-state index in [0.29, 0.717) is 11.7 Å². The van der Waals surface area contributed by atoms with Crippen LogP contribution >= 0.6 is 24.0 Å². The van der Waals surface area contributed by atoms with E-state index in [1.807, 2.05) is 12.1 Å². The average molecular weight is 503 g/mol. The number of carbonyl (C=O) groups excluding carboxylic acids is 1. The van der Waals surface area contributed by atoms with E-state index in [1.54, 1.807) is 13.1 Å². The van der Waals surface area contributed by atoms with Gasteiger partial charge in [-0.2, -0.15) is 0 Å². The van der Waals surface area contributed by atoms with Crippen LogP contribution in [0, 0.1) is 5.82 Å². The predicted octanol–water partition coefficient (Wildman–Crippen LogP) is 2.59. The third kappa shape index (κ3) is 6.22. The summed E-state index contributed by atoms with van der Waals surface area (Å²) >= 11 is 0. The number of nitrogens with one attached hydrogen (secondary N) is 2. The molecule has 1 aliphatic carbocycles. The number of benzene rings is 1. The number of guanidine groups is 1. The van der Waals surface area contributed by atoms with Gasteiger partial charge in [-0.25, -0.2) is 4.39 Å². The van der Waals surface area contributed by atoms with Gasteiger partial charge in [0, 0.05) is 39.3 Å². The molecular formula is C20H31FIN5O. The third-order valence-electron chi connectivity index (χ3n) is 5.36. The normalized spacial score (nSPS) is 18.4. The first-order chi connectivity index (χ1) is 13.2. The second-order valence-corrected chi connectivity index (χ2v) is 7.23. The Morgan fingerprint density at radius 1 is 1.14 bits per heavy atom. The number of halogens is 2. The largest absolute Gasteiger partial charge is 0.366 e. The van der Waals surface area contributed by atoms with Crippen molar-refractivity contribution in [2.24, 2.45) is 4.99 Å². The number of anilines is 1. The van der Waals surface area contributed by atoms with Crippen molar-refractivity contribution >= 4 is 41.5 Å². The molecule has 1 saturated carbocycles. The lowest BCUT2D eigenvalue weighted by Crippen LogP contribution is -2.54. The Balaban J connectivity index is 0.00000280. The minimum Gasteiger partial charge on any atom is -0.366 e. The standard InChI is InChI=1S/C20H30FN5O.HI/c1-22-20(23-15-19(27)24-16-7-3-2-4-8-16)26-13-11-25(12-14-26)18-10-6-5-9-17(18)21;/h5-6,9-10,16H,2-4,7-8,11-15H2,1H3,(H,22,23)(H,24,27);1H. The quantitative estimate of drug-likeness (QED) is 0.377. The van der Waals surface area contributed by atoms with Crippen LogP contribution in [0.15, 0.2) is 29.3 Å². The Kier molecular flexibility index (Phi) is 9.27. The second kappa shape index (κ2) is 11.4. The van der Waals surface area contributed by atoms with E-state index in [1.165, 1.54) is 25.3 Å². The molecule has 6 nitrogen and oxygen atoms in total. The van der Waals surface area contributed by atoms with Gasteiger partial charge in [0.15, 0.2) is 5.96 Å². The van der Waals surface area contributed by atoms with E-state index in [-0.39, 0.29) is 42.2 Å². The van der Waals surface area contributed by atoms with Gasteiger partial charge in [0.25, 0.3) is 0 Å². The van der Waals surface area contributed by atoms with Crippen molar-refractivity contribution in [2.45, 2.75) is 38.1 Å². The van der Waals surface area contributed by atoms with Crippen LogP contribution in [-0.4, -0.2) is 62.6 Å². The fourth-order valence-corrected chi connectivity index (χ4v) is 3.88. The molecule has 0 aromatic heterocycles. The van der Waals surface area contributed by atoms with Gasteiger partial charge in [-0.15, -0.1) is 24.0 Å². The van der Waals surface area contributed by atoms with Gasteiger partial charge >= 0.3 is 0 Å². The van der Waals surface area contributed by atoms with Crippen LogP contribution in [0.4, 0.5) is 10.1 Å². The summed E-state index contributed by atoms with van der Waals surface area (Å²) in [5.41, 5.74) is 0.645. The molecule has 3 rings (SSSR count). The molecule has 1 aromatic carbocycles. The zero-order valence-electron chi connectivity index (χ0n) is 16.5. The molecule has 8 heteroatoms. The van der Waals surface area contributed by atoms with Crippen molar-refractivity contribution in [1.29, 1.82) is 0 Å². The Labute approximate surface area is 184 Å². The van der Waals surface area contributed by atoms with E-state index >= 15 is 0 Å². The number of para-hydroxylation sites is 1. The Morgan fingerprint density at radius 2 is 1.82 bits per heavy atom. The number of nitrogens with zero attached hydrogens (tertiary/aromatic N) is 3. The molecule has 156 valence electrons. The summed E-state index contributed by atoms with van der Waals surface area (Å²) in [4.78, 5) is 20.7. The van der Waals surface area contributed by atoms with E-state index < -0.39 is 0 Å². The fraction of sp³-hybridized carbons (Fsp3) is 0.600. The van der Waals surface area contributed by atoms with Crippen molar-refractivity contribution in [2.75, 3.05) is 44.7 Å². The van der Waals surface area contributed by atoms with Crippen LogP contribution in [0.2, 0.25) is 0 Å². The van der Waals surface area contributed by atoms with Gasteiger partial charge in [-0.05, 0) is 25.0 Å². The Morgan fingerprint density at radius 3 is 2.46 bits per heavy atom. The van der Waals surface area contributed by atoms with Gasteiger partial charge in [0.2, 0.25) is 5.91 Å². The third-order valence-corrected chi connectivity index (χ3v) is 5.36. The van der Waals surface area contributed by atoms with Crippen LogP contribution in [-0.2, 0) is 4.79 Å². The van der Waals surface area contributed by atoms with Crippen LogP contribution < -0.4 is 15.5 Å². The summed E-state index contributed by atoms with van der Waals surface area (Å²) in [6.07, 6.45) is 5.84. The Bertz CT molecular complexity index is 658. The molecule has 2 N–H and O–H groups in total. The molecule has 28 heavy (non-hydrogen) atoms. The lowest BCUT2D eigenvalue weighted by molar-refractivity contribution is -0.120. The lowest BCUT2D eigenvalue weighted by Gasteiger charge is -2.37. The number of amides is 1. The van der Waals surface area contributed by atoms with Gasteiger partial charge in [-0.3, -0.25) is 9.79 Å². The molecule has 0 atom stereocenters. The molecule has 1 aliphatic heterocycles. The van der Waals surface area contributed by atoms with E-state index in [0.717, 1.165) is 45.0 Å². The Hall–Kier alpha value is -1.58. The highest BCUT2D eigenvalue weighted by molar-refractivity contribution is 14.0. The van der Waals surface area contributed by atoms with Gasteiger partial charge < -0.3 is 20.4 Å². The topological polar surface area (TPSA) is 60.0 Å². The van der Waals surface area contributed by atoms with Gasteiger partial charge in [-0.1, -0.05) is 31.4 Å². The minimum atomic E-state index is -0.187. The lowest BCUT2D eigenvalue weighted by atomic mass is 9.95. The zero-order valence-corrected chi connectivity index (χ0v) is 18.8. The molecule has 1 saturated heterocycles. The van der Waals surface area contributed by atoms with E-state index in [2.05, 4.69) is 25.4 Å². The average Bonchev–Trinajstić information content (AvgIpc) is 2.70. The SMILES string of the molecule is CN=C(NCC(=O)NC1CCCCC1)N1CCN(c2ccccc2F)CC1.I. The van der Waals surface area contributed by atoms with Gasteiger partial charge in [0.05, 0.1) is 12.2 Å². The van der Waals surface area contributed by atoms with Crippen molar-refractivity contribution < 1.29 is 9.18 Å². The van der Waals surface area contributed by atoms with Gasteiger partial charge in [0.1, 0.15) is 5.82 Å². The van der Waals surface area contributed by atoms with Crippen molar-refractivity contribution in [3.8, 4) is 0 Å². The number of aliphatic imine (C=N–C) groups is 1. The summed E-state index contributed by atoms with van der Waals surface area (Å²) in [5, 5.41) is 6.28. The maximum absolute atomic E-state index is 14.0. The molecule has 0 bridgehead atoms. The zero-order chi connectivity index (χ0) is 19.1. The molecule has 1 aromatic rings. The first-order valence-corrected chi connectivity index (χ1v) is 9.92. The summed E-state index contributed by atoms with van der Waals surface area (Å²) < 4.78 is 14.0. The number of rotatable bonds is 4. The monoisotopic (exact) mass is 503 g/mol. The molecule has 2 aliphatic rings. The number of hydrogen-bond acceptors (Lipinski definition) is 3. The smallest absolute Gasteiger partial charge is 0.239 e. The van der Waals surface area contributed by atoms with Crippen LogP contribution in [0.1, 0.15) is 32.1 Å². The highest BCUT2D eigenvalue weighted by Crippen LogP contribution is 2.20. The number of hydrogen-bond donors (Lipinski definition) is 2. The van der Waals surface area contributed by atoms with Crippen molar-refractivity contribution in [3.63, 3.8) is 0 Å². The second-order valence-electron chi connectivity index (χ2n) is 7.23. The fourth-order valence-electron chi connectivity index (χ4n) is 3.88. The molecular weight excluding hydrogens is 472 g/mol. The molecule has 0 radical (unpaired) electrons. The van der Waals surface area contributed by atoms with Crippen LogP contribution in [0.25, 0.3) is 0 Å².